The van der Waals surface area contributed by atoms with E-state index in [-0.39, 0.29) is 51.6 Å². The molecule has 13 nitrogen and oxygen atoms in total. The number of aromatic hydroxyl groups is 1. The number of halogens is 2. The van der Waals surface area contributed by atoms with Crippen LogP contribution in [0.25, 0.3) is 32.9 Å². The van der Waals surface area contributed by atoms with E-state index in [1.807, 2.05) is 13.0 Å². The molecule has 2 unspecified atom stereocenters. The molecule has 2 amide bonds. The molecule has 2 saturated carbocycles. The third-order valence-corrected chi connectivity index (χ3v) is 18.7. The lowest BCUT2D eigenvalue weighted by Gasteiger charge is -2.56. The number of phenolic OH excluding ortho intramolecular Hbond substituents is 1. The molecule has 2 aromatic heterocycles. The molecule has 8 heterocycles. The summed E-state index contributed by atoms with van der Waals surface area (Å²) in [5, 5.41) is 15.2. The van der Waals surface area contributed by atoms with Gasteiger partial charge in [0, 0.05) is 67.1 Å². The zero-order valence-corrected chi connectivity index (χ0v) is 42.0. The number of fused-ring (bicyclic) bond motifs is 3. The molecule has 6 aliphatic heterocycles. The highest BCUT2D eigenvalue weighted by Crippen LogP contribution is 2.54. The highest BCUT2D eigenvalue weighted by Gasteiger charge is 2.51. The van der Waals surface area contributed by atoms with Crippen molar-refractivity contribution in [1.82, 2.24) is 35.0 Å². The van der Waals surface area contributed by atoms with Crippen LogP contribution in [0.2, 0.25) is 0 Å². The maximum Gasteiger partial charge on any atom is 0.319 e. The first kappa shape index (κ1) is 47.0. The molecule has 15 heteroatoms. The first-order chi connectivity index (χ1) is 35.4. The van der Waals surface area contributed by atoms with Crippen LogP contribution in [0.3, 0.4) is 0 Å². The van der Waals surface area contributed by atoms with Gasteiger partial charge >= 0.3 is 6.01 Å². The molecular formula is C58H66F2N8O5. The fourth-order valence-corrected chi connectivity index (χ4v) is 14.1. The lowest BCUT2D eigenvalue weighted by molar-refractivity contribution is -0.151. The smallest absolute Gasteiger partial charge is 0.319 e. The number of aryl methyl sites for hydroxylation is 1. The van der Waals surface area contributed by atoms with E-state index < -0.39 is 11.9 Å². The van der Waals surface area contributed by atoms with E-state index in [1.54, 1.807) is 23.2 Å². The summed E-state index contributed by atoms with van der Waals surface area (Å²) in [6, 6.07) is 12.8. The molecule has 2 N–H and O–H groups in total. The van der Waals surface area contributed by atoms with Crippen LogP contribution in [-0.4, -0.2) is 123 Å². The van der Waals surface area contributed by atoms with Crippen LogP contribution in [0.1, 0.15) is 123 Å². The van der Waals surface area contributed by atoms with Crippen LogP contribution in [-0.2, 0) is 22.5 Å². The number of piperidine rings is 4. The Morgan fingerprint density at radius 3 is 2.48 bits per heavy atom. The quantitative estimate of drug-likeness (QED) is 0.131. The lowest BCUT2D eigenvalue weighted by atomic mass is 9.59. The van der Waals surface area contributed by atoms with Gasteiger partial charge in [-0.25, -0.2) is 8.78 Å². The Morgan fingerprint density at radius 2 is 1.74 bits per heavy atom. The van der Waals surface area contributed by atoms with E-state index in [0.29, 0.717) is 89.4 Å². The highest BCUT2D eigenvalue weighted by molar-refractivity contribution is 6.03. The molecule has 382 valence electrons. The molecule has 0 radical (unpaired) electrons. The molecule has 7 fully saturated rings. The molecule has 13 rings (SSSR count). The van der Waals surface area contributed by atoms with Crippen molar-refractivity contribution in [3.8, 4) is 23.0 Å². The normalized spacial score (nSPS) is 25.4. The van der Waals surface area contributed by atoms with Crippen LogP contribution < -0.4 is 15.0 Å². The molecule has 8 aliphatic rings. The number of phenols is 1. The Balaban J connectivity index is 0.646. The van der Waals surface area contributed by atoms with Gasteiger partial charge in [0.05, 0.1) is 24.2 Å². The number of nitrogens with one attached hydrogen (secondary N) is 1. The summed E-state index contributed by atoms with van der Waals surface area (Å²) < 4.78 is 45.2. The number of rotatable bonds is 11. The number of allylic oxidation sites excluding steroid dienone is 1. The molecule has 3 aromatic carbocycles. The maximum atomic E-state index is 17.3. The predicted molar refractivity (Wildman–Crippen MR) is 274 cm³/mol. The molecule has 2 atom stereocenters. The summed E-state index contributed by atoms with van der Waals surface area (Å²) in [6.07, 6.45) is 15.5. The van der Waals surface area contributed by atoms with Crippen molar-refractivity contribution in [2.75, 3.05) is 63.9 Å². The van der Waals surface area contributed by atoms with E-state index in [0.717, 1.165) is 108 Å². The van der Waals surface area contributed by atoms with Crippen molar-refractivity contribution in [2.45, 2.75) is 127 Å². The van der Waals surface area contributed by atoms with Crippen LogP contribution in [0.4, 0.5) is 14.6 Å². The van der Waals surface area contributed by atoms with Crippen LogP contribution in [0.15, 0.2) is 60.9 Å². The van der Waals surface area contributed by atoms with Gasteiger partial charge in [0.2, 0.25) is 5.91 Å². The Labute approximate surface area is 425 Å². The average molecular weight is 993 g/mol. The van der Waals surface area contributed by atoms with Crippen molar-refractivity contribution >= 4 is 39.3 Å². The third kappa shape index (κ3) is 8.41. The van der Waals surface area contributed by atoms with Crippen molar-refractivity contribution in [1.29, 1.82) is 0 Å². The number of amides is 2. The van der Waals surface area contributed by atoms with E-state index in [9.17, 15) is 14.7 Å². The van der Waals surface area contributed by atoms with Crippen molar-refractivity contribution < 1.29 is 33.0 Å². The molecule has 2 spiro atoms. The van der Waals surface area contributed by atoms with Crippen LogP contribution >= 0.6 is 0 Å². The lowest BCUT2D eigenvalue weighted by Crippen LogP contribution is -2.56. The number of carbonyl (C=O) groups excluding carboxylic acids is 2. The second-order valence-corrected chi connectivity index (χ2v) is 23.2. The maximum absolute atomic E-state index is 17.3. The number of carbonyl (C=O) groups is 2. The van der Waals surface area contributed by atoms with Crippen molar-refractivity contribution in [3.05, 3.63) is 94.8 Å². The van der Waals surface area contributed by atoms with Gasteiger partial charge in [0.1, 0.15) is 34.6 Å². The summed E-state index contributed by atoms with van der Waals surface area (Å²) in [5.74, 6) is -0.217. The molecule has 5 aromatic rings. The van der Waals surface area contributed by atoms with Gasteiger partial charge in [-0.2, -0.15) is 9.97 Å². The fourth-order valence-electron chi connectivity index (χ4n) is 14.1. The van der Waals surface area contributed by atoms with Crippen molar-refractivity contribution in [2.24, 2.45) is 10.8 Å². The van der Waals surface area contributed by atoms with E-state index >= 15 is 8.78 Å². The SMILES string of the molecule is C=C1CCC(N2Cc3cc(C4CCN(C5CC6(CCN(CC7(COc8nc(N9CCCC%10(CCO%10)C9)c9cnc(-c%10cc(O)cc%11ccc(F)c(CC)c%10%11)c(F)c9n8)CC7)CC6)C5)CC4)ccc3C2=O)C(=O)N1. The number of ether oxygens (including phenoxy) is 2. The monoisotopic (exact) mass is 993 g/mol. The Hall–Kier alpha value is -5.77. The first-order valence-electron chi connectivity index (χ1n) is 27.1. The second-order valence-electron chi connectivity index (χ2n) is 23.2. The number of hydrogen-bond acceptors (Lipinski definition) is 11. The summed E-state index contributed by atoms with van der Waals surface area (Å²) in [7, 11) is 0. The Kier molecular flexibility index (Phi) is 11.6. The van der Waals surface area contributed by atoms with E-state index in [1.165, 1.54) is 43.4 Å². The molecule has 73 heavy (non-hydrogen) atoms. The van der Waals surface area contributed by atoms with E-state index in [4.69, 9.17) is 19.4 Å². The first-order valence-corrected chi connectivity index (χ1v) is 27.1. The fraction of sp³-hybridized carbons (Fsp3) is 0.534. The number of benzene rings is 3. The van der Waals surface area contributed by atoms with Crippen LogP contribution in [0.5, 0.6) is 11.8 Å². The number of pyridine rings is 1. The second kappa shape index (κ2) is 18.0. The minimum Gasteiger partial charge on any atom is -0.508 e. The average Bonchev–Trinajstić information content (AvgIpc) is 4.07. The zero-order chi connectivity index (χ0) is 49.8. The minimum absolute atomic E-state index is 0.00847. The van der Waals surface area contributed by atoms with Crippen LogP contribution in [0, 0.1) is 22.5 Å². The van der Waals surface area contributed by atoms with Gasteiger partial charge < -0.3 is 39.5 Å². The molecular weight excluding hydrogens is 927 g/mol. The minimum atomic E-state index is -0.662. The third-order valence-electron chi connectivity index (χ3n) is 18.7. The summed E-state index contributed by atoms with van der Waals surface area (Å²) >= 11 is 0. The number of aromatic nitrogens is 3. The van der Waals surface area contributed by atoms with Gasteiger partial charge in [0.25, 0.3) is 5.91 Å². The van der Waals surface area contributed by atoms with Crippen molar-refractivity contribution in [3.63, 3.8) is 0 Å². The zero-order valence-electron chi connectivity index (χ0n) is 42.0. The van der Waals surface area contributed by atoms with Gasteiger partial charge in [-0.15, -0.1) is 0 Å². The summed E-state index contributed by atoms with van der Waals surface area (Å²) in [4.78, 5) is 49.8. The summed E-state index contributed by atoms with van der Waals surface area (Å²) in [6.45, 7) is 14.1. The van der Waals surface area contributed by atoms with Gasteiger partial charge in [-0.1, -0.05) is 31.7 Å². The highest BCUT2D eigenvalue weighted by atomic mass is 19.1. The number of anilines is 1. The summed E-state index contributed by atoms with van der Waals surface area (Å²) in [5.41, 5.74) is 4.83. The number of likely N-dealkylation sites (tertiary alicyclic amines) is 2. The Morgan fingerprint density at radius 1 is 0.932 bits per heavy atom. The number of hydrogen-bond donors (Lipinski definition) is 2. The van der Waals surface area contributed by atoms with Gasteiger partial charge in [-0.3, -0.25) is 14.6 Å². The molecule has 0 bridgehead atoms. The standard InChI is InChI=1S/C58H66F2N8O5/c1-3-42-46(59)9-7-38-26-41(69)27-44(48(38)42)50-49(60)51-45(30-61-50)52(67-19-4-13-58(33-67)18-24-73-58)64-55(63-51)72-34-57(14-15-57)32-65-22-16-56(17-23-65)28-40(29-56)66-20-11-36(12-21-66)37-6-8-43-39(25-37)31-68(54(43)71)47-10-5-35(2)62-53(47)70/h6-9,25-27,30,36,40,47,69H,2-5,10-24,28-29,31-34H2,1H3,(H,62,70). The largest absolute Gasteiger partial charge is 0.508 e. The number of nitrogens with zero attached hydrogens (tertiary/aromatic N) is 7. The van der Waals surface area contributed by atoms with E-state index in [2.05, 4.69) is 43.7 Å². The molecule has 5 saturated heterocycles. The topological polar surface area (TPSA) is 136 Å². The Bertz CT molecular complexity index is 3060. The predicted octanol–water partition coefficient (Wildman–Crippen LogP) is 9.18. The van der Waals surface area contributed by atoms with Gasteiger partial charge in [-0.05, 0) is 173 Å². The molecule has 2 aliphatic carbocycles. The van der Waals surface area contributed by atoms with Gasteiger partial charge in [0.15, 0.2) is 5.82 Å².